The molecule has 0 bridgehead atoms. The van der Waals surface area contributed by atoms with Crippen LogP contribution >= 0.6 is 23.5 Å². The van der Waals surface area contributed by atoms with Crippen molar-refractivity contribution in [3.63, 3.8) is 0 Å². The molecule has 0 amide bonds. The summed E-state index contributed by atoms with van der Waals surface area (Å²) >= 11 is 4.18. The van der Waals surface area contributed by atoms with Crippen molar-refractivity contribution in [2.75, 3.05) is 19.0 Å². The highest BCUT2D eigenvalue weighted by Gasteiger charge is 2.37. The minimum Gasteiger partial charge on any atom is -0.381 e. The molecule has 0 aromatic heterocycles. The highest BCUT2D eigenvalue weighted by atomic mass is 32.2. The second-order valence-electron chi connectivity index (χ2n) is 2.90. The van der Waals surface area contributed by atoms with Gasteiger partial charge in [-0.05, 0) is 18.6 Å². The Morgan fingerprint density at radius 2 is 2.17 bits per heavy atom. The summed E-state index contributed by atoms with van der Waals surface area (Å²) in [5.41, 5.74) is 0. The summed E-state index contributed by atoms with van der Waals surface area (Å²) in [5.74, 6) is 1.25. The van der Waals surface area contributed by atoms with Gasteiger partial charge in [-0.3, -0.25) is 0 Å². The molecule has 0 aromatic rings. The Kier molecular flexibility index (Phi) is 5.52. The highest BCUT2D eigenvalue weighted by molar-refractivity contribution is 8.23. The summed E-state index contributed by atoms with van der Waals surface area (Å²) in [6, 6.07) is 0. The zero-order chi connectivity index (χ0) is 8.81. The van der Waals surface area contributed by atoms with E-state index in [4.69, 9.17) is 4.74 Å². The van der Waals surface area contributed by atoms with Gasteiger partial charge in [0.05, 0.1) is 4.58 Å². The molecule has 2 atom stereocenters. The normalized spacial score (nSPS) is 27.5. The van der Waals surface area contributed by atoms with Crippen LogP contribution in [-0.4, -0.2) is 28.8 Å². The number of rotatable bonds is 7. The molecule has 1 fully saturated rings. The third-order valence-electron chi connectivity index (χ3n) is 1.76. The van der Waals surface area contributed by atoms with E-state index in [0.29, 0.717) is 0 Å². The van der Waals surface area contributed by atoms with Crippen molar-refractivity contribution >= 4 is 23.5 Å². The predicted octanol–water partition coefficient (Wildman–Crippen LogP) is 3.00. The molecule has 1 saturated heterocycles. The van der Waals surface area contributed by atoms with Gasteiger partial charge in [-0.1, -0.05) is 13.8 Å². The SMILES string of the molecule is CCCOCCC1SC1SCC. The molecule has 1 nitrogen and oxygen atoms in total. The summed E-state index contributed by atoms with van der Waals surface area (Å²) in [6.07, 6.45) is 2.40. The molecule has 1 aliphatic heterocycles. The van der Waals surface area contributed by atoms with E-state index in [-0.39, 0.29) is 0 Å². The molecule has 1 aliphatic rings. The molecular weight excluding hydrogens is 188 g/mol. The highest BCUT2D eigenvalue weighted by Crippen LogP contribution is 2.50. The fraction of sp³-hybridized carbons (Fsp3) is 1.00. The van der Waals surface area contributed by atoms with Crippen LogP contribution in [0, 0.1) is 0 Å². The number of thioether (sulfide) groups is 2. The minimum atomic E-state index is 0.889. The first-order valence-electron chi connectivity index (χ1n) is 4.73. The molecule has 2 unspecified atom stereocenters. The Hall–Kier alpha value is 0.660. The van der Waals surface area contributed by atoms with Crippen LogP contribution in [0.3, 0.4) is 0 Å². The van der Waals surface area contributed by atoms with Gasteiger partial charge in [-0.15, -0.1) is 23.5 Å². The van der Waals surface area contributed by atoms with Crippen molar-refractivity contribution in [3.05, 3.63) is 0 Å². The van der Waals surface area contributed by atoms with Crippen molar-refractivity contribution in [2.24, 2.45) is 0 Å². The summed E-state index contributed by atoms with van der Waals surface area (Å²) in [4.78, 5) is 0. The van der Waals surface area contributed by atoms with E-state index < -0.39 is 0 Å². The minimum absolute atomic E-state index is 0.889. The molecule has 0 saturated carbocycles. The van der Waals surface area contributed by atoms with Gasteiger partial charge in [0.1, 0.15) is 0 Å². The van der Waals surface area contributed by atoms with E-state index in [1.165, 1.54) is 12.2 Å². The smallest absolute Gasteiger partial charge is 0.0625 e. The van der Waals surface area contributed by atoms with Gasteiger partial charge in [-0.25, -0.2) is 0 Å². The van der Waals surface area contributed by atoms with E-state index >= 15 is 0 Å². The fourth-order valence-electron chi connectivity index (χ4n) is 1.09. The van der Waals surface area contributed by atoms with Crippen LogP contribution in [0.25, 0.3) is 0 Å². The lowest BCUT2D eigenvalue weighted by molar-refractivity contribution is 0.134. The molecule has 0 aliphatic carbocycles. The van der Waals surface area contributed by atoms with Crippen molar-refractivity contribution in [1.29, 1.82) is 0 Å². The van der Waals surface area contributed by atoms with E-state index in [1.54, 1.807) is 0 Å². The van der Waals surface area contributed by atoms with Crippen LogP contribution in [0.2, 0.25) is 0 Å². The fourth-order valence-corrected chi connectivity index (χ4v) is 3.78. The molecule has 72 valence electrons. The Labute approximate surface area is 84.0 Å². The van der Waals surface area contributed by atoms with E-state index in [0.717, 1.165) is 29.5 Å². The zero-order valence-electron chi connectivity index (χ0n) is 7.91. The second kappa shape index (κ2) is 6.17. The molecule has 1 rings (SSSR count). The Morgan fingerprint density at radius 3 is 2.83 bits per heavy atom. The molecule has 0 N–H and O–H groups in total. The quantitative estimate of drug-likeness (QED) is 0.468. The second-order valence-corrected chi connectivity index (χ2v) is 6.00. The van der Waals surface area contributed by atoms with E-state index in [2.05, 4.69) is 37.4 Å². The predicted molar refractivity (Wildman–Crippen MR) is 59.0 cm³/mol. The average Bonchev–Trinajstić information content (AvgIpc) is 2.79. The van der Waals surface area contributed by atoms with Crippen LogP contribution in [-0.2, 0) is 4.74 Å². The van der Waals surface area contributed by atoms with Gasteiger partial charge in [-0.2, -0.15) is 0 Å². The maximum Gasteiger partial charge on any atom is 0.0625 e. The van der Waals surface area contributed by atoms with Gasteiger partial charge in [0, 0.05) is 18.5 Å². The van der Waals surface area contributed by atoms with Gasteiger partial charge >= 0.3 is 0 Å². The van der Waals surface area contributed by atoms with Crippen molar-refractivity contribution in [1.82, 2.24) is 0 Å². The van der Waals surface area contributed by atoms with Gasteiger partial charge < -0.3 is 4.74 Å². The summed E-state index contributed by atoms with van der Waals surface area (Å²) in [6.45, 7) is 6.28. The monoisotopic (exact) mass is 206 g/mol. The number of hydrogen-bond donors (Lipinski definition) is 0. The standard InChI is InChI=1S/C9H18OS2/c1-3-6-10-7-5-8-9(12-8)11-4-2/h8-9H,3-7H2,1-2H3. The number of ether oxygens (including phenoxy) is 1. The third-order valence-corrected chi connectivity index (χ3v) is 4.81. The molecule has 0 aromatic carbocycles. The molecule has 3 heteroatoms. The molecule has 0 spiro atoms. The Balaban J connectivity index is 1.83. The largest absolute Gasteiger partial charge is 0.381 e. The third kappa shape index (κ3) is 4.06. The Bertz CT molecular complexity index is 119. The van der Waals surface area contributed by atoms with Crippen LogP contribution in [0.15, 0.2) is 0 Å². The summed E-state index contributed by atoms with van der Waals surface area (Å²) < 4.78 is 6.33. The zero-order valence-corrected chi connectivity index (χ0v) is 9.55. The van der Waals surface area contributed by atoms with Crippen LogP contribution in [0.1, 0.15) is 26.7 Å². The van der Waals surface area contributed by atoms with Crippen molar-refractivity contribution in [3.8, 4) is 0 Å². The molecular formula is C9H18OS2. The first-order chi connectivity index (χ1) is 5.88. The van der Waals surface area contributed by atoms with Crippen molar-refractivity contribution < 1.29 is 4.74 Å². The topological polar surface area (TPSA) is 9.23 Å². The lowest BCUT2D eigenvalue weighted by atomic mass is 10.3. The molecule has 0 radical (unpaired) electrons. The van der Waals surface area contributed by atoms with Crippen LogP contribution in [0.4, 0.5) is 0 Å². The molecule has 12 heavy (non-hydrogen) atoms. The first-order valence-corrected chi connectivity index (χ1v) is 6.72. The summed E-state index contributed by atoms with van der Waals surface area (Å²) in [7, 11) is 0. The van der Waals surface area contributed by atoms with Crippen LogP contribution < -0.4 is 0 Å². The maximum atomic E-state index is 5.44. The van der Waals surface area contributed by atoms with Gasteiger partial charge in [0.25, 0.3) is 0 Å². The van der Waals surface area contributed by atoms with Gasteiger partial charge in [0.2, 0.25) is 0 Å². The lowest BCUT2D eigenvalue weighted by Crippen LogP contribution is -2.00. The van der Waals surface area contributed by atoms with Crippen molar-refractivity contribution in [2.45, 2.75) is 36.5 Å². The average molecular weight is 206 g/mol. The molecule has 1 heterocycles. The summed E-state index contributed by atoms with van der Waals surface area (Å²) in [5, 5.41) is 0.895. The maximum absolute atomic E-state index is 5.44. The first kappa shape index (κ1) is 10.7. The van der Waals surface area contributed by atoms with Crippen LogP contribution in [0.5, 0.6) is 0 Å². The van der Waals surface area contributed by atoms with E-state index in [1.807, 2.05) is 0 Å². The van der Waals surface area contributed by atoms with E-state index in [9.17, 15) is 0 Å². The number of hydrogen-bond acceptors (Lipinski definition) is 3. The lowest BCUT2D eigenvalue weighted by Gasteiger charge is -1.99. The Morgan fingerprint density at radius 1 is 1.33 bits per heavy atom. The van der Waals surface area contributed by atoms with Gasteiger partial charge in [0.15, 0.2) is 0 Å².